The Morgan fingerprint density at radius 1 is 1.10 bits per heavy atom. The molecule has 5 rings (SSSR count). The molecule has 2 aromatic heterocycles. The third-order valence-electron chi connectivity index (χ3n) is 8.49. The van der Waals surface area contributed by atoms with Crippen LogP contribution in [0.3, 0.4) is 0 Å². The average molecular weight is 551 g/mol. The Hall–Kier alpha value is -3.33. The molecule has 1 fully saturated rings. The topological polar surface area (TPSA) is 66.4 Å². The molecule has 1 aromatic carbocycles. The van der Waals surface area contributed by atoms with Crippen LogP contribution >= 0.6 is 0 Å². The zero-order valence-corrected chi connectivity index (χ0v) is 24.6. The van der Waals surface area contributed by atoms with Gasteiger partial charge in [0.05, 0.1) is 18.4 Å². The molecule has 0 spiro atoms. The maximum absolute atomic E-state index is 15.4. The van der Waals surface area contributed by atoms with Crippen molar-refractivity contribution in [1.82, 2.24) is 19.9 Å². The van der Waals surface area contributed by atoms with Gasteiger partial charge >= 0.3 is 0 Å². The zero-order chi connectivity index (χ0) is 28.8. The molecule has 0 bridgehead atoms. The van der Waals surface area contributed by atoms with Gasteiger partial charge < -0.3 is 19.9 Å². The van der Waals surface area contributed by atoms with Crippen LogP contribution < -0.4 is 15.0 Å². The normalized spacial score (nSPS) is 20.9. The van der Waals surface area contributed by atoms with Gasteiger partial charge in [0.15, 0.2) is 17.4 Å². The van der Waals surface area contributed by atoms with Crippen LogP contribution in [0.5, 0.6) is 5.75 Å². The number of fused-ring (bicyclic) bond motifs is 1. The van der Waals surface area contributed by atoms with Crippen LogP contribution in [0.2, 0.25) is 0 Å². The van der Waals surface area contributed by atoms with Crippen LogP contribution in [-0.2, 0) is 0 Å². The molecule has 40 heavy (non-hydrogen) atoms. The monoisotopic (exact) mass is 550 g/mol. The van der Waals surface area contributed by atoms with E-state index in [0.29, 0.717) is 29.5 Å². The van der Waals surface area contributed by atoms with Crippen molar-refractivity contribution in [2.75, 3.05) is 30.4 Å². The van der Waals surface area contributed by atoms with E-state index in [2.05, 4.69) is 70.9 Å². The Kier molecular flexibility index (Phi) is 7.46. The molecule has 7 nitrogen and oxygen atoms in total. The summed E-state index contributed by atoms with van der Waals surface area (Å²) in [6, 6.07) is 7.16. The summed E-state index contributed by atoms with van der Waals surface area (Å²) in [5.74, 6) is 0.200. The molecule has 2 unspecified atom stereocenters. The molecule has 2 atom stereocenters. The molecule has 0 saturated carbocycles. The lowest BCUT2D eigenvalue weighted by Gasteiger charge is -2.44. The first-order valence-electron chi connectivity index (χ1n) is 14.1. The van der Waals surface area contributed by atoms with Gasteiger partial charge in [0.2, 0.25) is 5.95 Å². The summed E-state index contributed by atoms with van der Waals surface area (Å²) < 4.78 is 36.4. The van der Waals surface area contributed by atoms with E-state index in [1.54, 1.807) is 6.07 Å². The second-order valence-electron chi connectivity index (χ2n) is 12.5. The third kappa shape index (κ3) is 5.61. The maximum atomic E-state index is 15.4. The first-order valence-corrected chi connectivity index (χ1v) is 14.1. The van der Waals surface area contributed by atoms with Crippen LogP contribution in [0.25, 0.3) is 11.3 Å². The Bertz CT molecular complexity index is 1380. The predicted molar refractivity (Wildman–Crippen MR) is 155 cm³/mol. The summed E-state index contributed by atoms with van der Waals surface area (Å²) in [6.45, 7) is 14.2. The summed E-state index contributed by atoms with van der Waals surface area (Å²) in [5, 5.41) is 3.08. The van der Waals surface area contributed by atoms with Crippen LogP contribution in [0.15, 0.2) is 36.7 Å². The fourth-order valence-electron chi connectivity index (χ4n) is 5.71. The first kappa shape index (κ1) is 28.2. The van der Waals surface area contributed by atoms with Crippen molar-refractivity contribution in [3.8, 4) is 17.0 Å². The number of likely N-dealkylation sites (tertiary alicyclic amines) is 1. The van der Waals surface area contributed by atoms with Gasteiger partial charge in [-0.15, -0.1) is 0 Å². The van der Waals surface area contributed by atoms with E-state index >= 15 is 8.78 Å². The molecule has 3 aromatic rings. The Balaban J connectivity index is 1.40. The lowest BCUT2D eigenvalue weighted by molar-refractivity contribution is 0.0941. The number of halogens is 2. The van der Waals surface area contributed by atoms with Gasteiger partial charge in [0, 0.05) is 23.3 Å². The van der Waals surface area contributed by atoms with E-state index in [1.165, 1.54) is 11.6 Å². The average Bonchev–Trinajstić information content (AvgIpc) is 2.91. The lowest BCUT2D eigenvalue weighted by Crippen LogP contribution is -2.50. The van der Waals surface area contributed by atoms with Crippen molar-refractivity contribution in [2.24, 2.45) is 0 Å². The van der Waals surface area contributed by atoms with Crippen molar-refractivity contribution < 1.29 is 13.5 Å². The van der Waals surface area contributed by atoms with E-state index < -0.39 is 17.2 Å². The van der Waals surface area contributed by atoms with Gasteiger partial charge in [0.25, 0.3) is 0 Å². The fourth-order valence-corrected chi connectivity index (χ4v) is 5.71. The summed E-state index contributed by atoms with van der Waals surface area (Å²) in [6.07, 6.45) is 6.02. The summed E-state index contributed by atoms with van der Waals surface area (Å²) in [4.78, 5) is 17.6. The van der Waals surface area contributed by atoms with Crippen LogP contribution in [0.1, 0.15) is 72.3 Å². The molecule has 0 aliphatic carbocycles. The number of hydrogen-bond donors (Lipinski definition) is 1. The van der Waals surface area contributed by atoms with E-state index in [4.69, 9.17) is 4.74 Å². The van der Waals surface area contributed by atoms with Gasteiger partial charge in [-0.1, -0.05) is 13.0 Å². The predicted octanol–water partition coefficient (Wildman–Crippen LogP) is 6.92. The number of rotatable bonds is 6. The van der Waals surface area contributed by atoms with E-state index in [9.17, 15) is 0 Å². The highest BCUT2D eigenvalue weighted by Crippen LogP contribution is 2.43. The third-order valence-corrected chi connectivity index (χ3v) is 8.49. The number of anilines is 3. The summed E-state index contributed by atoms with van der Waals surface area (Å²) in [5.41, 5.74) is 1.73. The number of piperidine rings is 1. The number of nitrogens with zero attached hydrogens (tertiary/aromatic N) is 5. The molecule has 0 radical (unpaired) electrons. The molecular weight excluding hydrogens is 510 g/mol. The number of aromatic nitrogens is 3. The van der Waals surface area contributed by atoms with Gasteiger partial charge in [-0.2, -0.15) is 0 Å². The minimum atomic E-state index is -0.634. The van der Waals surface area contributed by atoms with Crippen molar-refractivity contribution in [1.29, 1.82) is 0 Å². The Morgan fingerprint density at radius 2 is 1.88 bits per heavy atom. The fraction of sp³-hybridized carbons (Fsp3) is 0.516. The van der Waals surface area contributed by atoms with Crippen molar-refractivity contribution in [3.05, 3.63) is 53.9 Å². The lowest BCUT2D eigenvalue weighted by atomic mass is 9.80. The second kappa shape index (κ2) is 10.6. The summed E-state index contributed by atoms with van der Waals surface area (Å²) >= 11 is 0. The molecule has 2 aliphatic heterocycles. The van der Waals surface area contributed by atoms with E-state index in [0.717, 1.165) is 32.0 Å². The number of hydrogen-bond acceptors (Lipinski definition) is 7. The van der Waals surface area contributed by atoms with Gasteiger partial charge in [-0.3, -0.25) is 0 Å². The number of benzene rings is 1. The minimum absolute atomic E-state index is 0.0123. The number of pyridine rings is 1. The molecule has 0 amide bonds. The van der Waals surface area contributed by atoms with Crippen LogP contribution in [-0.4, -0.2) is 57.2 Å². The van der Waals surface area contributed by atoms with Gasteiger partial charge in [-0.25, -0.2) is 23.7 Å². The zero-order valence-electron chi connectivity index (χ0n) is 24.6. The molecule has 1 saturated heterocycles. The molecule has 9 heteroatoms. The van der Waals surface area contributed by atoms with Crippen molar-refractivity contribution >= 4 is 17.5 Å². The largest absolute Gasteiger partial charge is 0.481 e. The standard InChI is InChI=1S/C31H40F2N6O/c1-8-19(2)39-18-31(5,6)40-28-23(32)13-22(14-25(28)39)27-24(33)17-35-29(37-27)36-26-10-9-21(16-34-26)20-11-12-38(7)30(3,4)15-20/h9-10,13-14,16-17,19-20H,8,11-12,15,18H2,1-7H3,(H,34,35,36,37). The highest BCUT2D eigenvalue weighted by Gasteiger charge is 2.36. The van der Waals surface area contributed by atoms with E-state index in [-0.39, 0.29) is 29.0 Å². The second-order valence-corrected chi connectivity index (χ2v) is 12.5. The number of nitrogens with one attached hydrogen (secondary N) is 1. The SMILES string of the molecule is CCC(C)N1CC(C)(C)Oc2c(F)cc(-c3nc(Nc4ccc(C5CCN(C)C(C)(C)C5)cn4)ncc3F)cc21. The Morgan fingerprint density at radius 3 is 2.55 bits per heavy atom. The van der Waals surface area contributed by atoms with E-state index in [1.807, 2.05) is 26.1 Å². The Labute approximate surface area is 236 Å². The van der Waals surface area contributed by atoms with Crippen LogP contribution in [0.4, 0.5) is 26.2 Å². The molecule has 4 heterocycles. The van der Waals surface area contributed by atoms with Crippen LogP contribution in [0, 0.1) is 11.6 Å². The maximum Gasteiger partial charge on any atom is 0.229 e. The summed E-state index contributed by atoms with van der Waals surface area (Å²) in [7, 11) is 2.17. The van der Waals surface area contributed by atoms with Gasteiger partial charge in [-0.05, 0) is 97.2 Å². The first-order chi connectivity index (χ1) is 18.9. The van der Waals surface area contributed by atoms with Crippen molar-refractivity contribution in [3.63, 3.8) is 0 Å². The quantitative estimate of drug-likeness (QED) is 0.357. The molecule has 1 N–H and O–H groups in total. The molecule has 214 valence electrons. The highest BCUT2D eigenvalue weighted by molar-refractivity contribution is 5.73. The van der Waals surface area contributed by atoms with Crippen molar-refractivity contribution in [2.45, 2.75) is 83.9 Å². The molecule has 2 aliphatic rings. The molecular formula is C31H40F2N6O. The van der Waals surface area contributed by atoms with Gasteiger partial charge in [0.1, 0.15) is 17.1 Å². The minimum Gasteiger partial charge on any atom is -0.481 e. The smallest absolute Gasteiger partial charge is 0.229 e. The highest BCUT2D eigenvalue weighted by atomic mass is 19.1. The number of ether oxygens (including phenoxy) is 1.